The van der Waals surface area contributed by atoms with Gasteiger partial charge in [0.2, 0.25) is 0 Å². The van der Waals surface area contributed by atoms with Crippen molar-refractivity contribution in [2.45, 2.75) is 6.85 Å². The molecule has 0 atom stereocenters. The minimum absolute atomic E-state index is 0. The topological polar surface area (TPSA) is 43.9 Å². The molecule has 0 amide bonds. The summed E-state index contributed by atoms with van der Waals surface area (Å²) in [6.07, 6.45) is 1.79. The van der Waals surface area contributed by atoms with E-state index >= 15 is 0 Å². The zero-order valence-corrected chi connectivity index (χ0v) is 31.1. The average Bonchev–Trinajstić information content (AvgIpc) is 3.83. The Labute approximate surface area is 329 Å². The number of imidazole rings is 1. The van der Waals surface area contributed by atoms with Crippen molar-refractivity contribution >= 4 is 65.3 Å². The van der Waals surface area contributed by atoms with E-state index in [0.717, 1.165) is 49.5 Å². The number of fused-ring (bicyclic) bond motifs is 10. The molecule has 0 N–H and O–H groups in total. The minimum atomic E-state index is -2.34. The van der Waals surface area contributed by atoms with E-state index in [1.165, 1.54) is 16.2 Å². The molecule has 0 aliphatic heterocycles. The van der Waals surface area contributed by atoms with Gasteiger partial charge in [-0.3, -0.25) is 4.98 Å². The van der Waals surface area contributed by atoms with Gasteiger partial charge in [-0.25, -0.2) is 0 Å². The molecule has 0 aliphatic carbocycles. The fraction of sp³-hybridized carbons (Fsp3) is 0.0204. The molecule has 3 aromatic heterocycles. The van der Waals surface area contributed by atoms with E-state index in [0.29, 0.717) is 28.0 Å². The van der Waals surface area contributed by atoms with E-state index in [1.807, 2.05) is 89.5 Å². The number of nitrogens with zero attached hydrogens (tertiary/aromatic N) is 3. The summed E-state index contributed by atoms with van der Waals surface area (Å²) in [5.74, 6) is 0.575. The van der Waals surface area contributed by atoms with Crippen LogP contribution in [0, 0.1) is 19.0 Å². The number of furan rings is 1. The molecular formula is C49H31IrN3O-2. The van der Waals surface area contributed by atoms with Crippen LogP contribution in [-0.4, -0.2) is 14.5 Å². The van der Waals surface area contributed by atoms with E-state index in [4.69, 9.17) is 13.5 Å². The maximum atomic E-state index is 8.43. The van der Waals surface area contributed by atoms with Gasteiger partial charge in [0.15, 0.2) is 0 Å². The van der Waals surface area contributed by atoms with E-state index < -0.39 is 6.85 Å². The second-order valence-corrected chi connectivity index (χ2v) is 13.0. The van der Waals surface area contributed by atoms with Gasteiger partial charge in [0, 0.05) is 41.5 Å². The molecule has 11 aromatic rings. The zero-order chi connectivity index (χ0) is 37.8. The third-order valence-corrected chi connectivity index (χ3v) is 9.87. The van der Waals surface area contributed by atoms with Crippen molar-refractivity contribution in [1.29, 1.82) is 0 Å². The Morgan fingerprint density at radius 3 is 2.02 bits per heavy atom. The van der Waals surface area contributed by atoms with Crippen LogP contribution in [0.2, 0.25) is 0 Å². The smallest absolute Gasteiger partial charge is 0.120 e. The van der Waals surface area contributed by atoms with Crippen molar-refractivity contribution in [3.8, 4) is 28.3 Å². The van der Waals surface area contributed by atoms with Crippen molar-refractivity contribution in [1.82, 2.24) is 14.5 Å². The second-order valence-electron chi connectivity index (χ2n) is 13.0. The summed E-state index contributed by atoms with van der Waals surface area (Å²) in [5, 5.41) is 8.87. The van der Waals surface area contributed by atoms with Crippen molar-refractivity contribution in [3.63, 3.8) is 0 Å². The number of pyridine rings is 1. The molecule has 0 spiro atoms. The van der Waals surface area contributed by atoms with Crippen LogP contribution in [0.5, 0.6) is 0 Å². The molecule has 0 saturated carbocycles. The third-order valence-electron chi connectivity index (χ3n) is 9.87. The number of rotatable bonds is 3. The molecule has 259 valence electrons. The molecule has 0 bridgehead atoms. The summed E-state index contributed by atoms with van der Waals surface area (Å²) in [5.41, 5.74) is 6.33. The van der Waals surface area contributed by atoms with Crippen LogP contribution in [0.25, 0.3) is 93.6 Å². The molecule has 8 aromatic carbocycles. The molecule has 1 radical (unpaired) electrons. The normalized spacial score (nSPS) is 12.3. The largest absolute Gasteiger partial charge is 0.501 e. The van der Waals surface area contributed by atoms with E-state index in [9.17, 15) is 0 Å². The standard InChI is InChI=1S/C38H23N2O.C11H8N.Ir/c1-23-10-8-18-34-36(23)40(38(39-34)32-17-9-16-31-30-15-6-7-19-35(30)41-37(31)32)24-20-21-29-27-13-3-2-11-25(27)26-12-4-5-14-28(26)33(29)22-24;1-2-6-10(7-3-1)11-8-4-5-9-12-11;/h2-16,18-22H,1H3;1-6,8-9H;/q2*-1;/i1D3;;. The summed E-state index contributed by atoms with van der Waals surface area (Å²) >= 11 is 0. The fourth-order valence-electron chi connectivity index (χ4n) is 7.51. The first-order valence-electron chi connectivity index (χ1n) is 19.0. The van der Waals surface area contributed by atoms with Gasteiger partial charge in [-0.2, -0.15) is 0 Å². The zero-order valence-electron chi connectivity index (χ0n) is 31.7. The molecule has 0 fully saturated rings. The Bertz CT molecular complexity index is 3170. The first kappa shape index (κ1) is 30.1. The van der Waals surface area contributed by atoms with Crippen LogP contribution >= 0.6 is 0 Å². The van der Waals surface area contributed by atoms with Crippen LogP contribution in [-0.2, 0) is 20.1 Å². The number of benzene rings is 8. The summed E-state index contributed by atoms with van der Waals surface area (Å²) in [6, 6.07) is 60.6. The summed E-state index contributed by atoms with van der Waals surface area (Å²) in [4.78, 5) is 9.29. The SMILES string of the molecule is [2H]C([2H])([2H])c1cccc2nc(-c3[c-]ccc4c3oc3ccccc34)n(-c3ccc4c5ccccc5c5ccccc5c4c3)c12.[Ir].[c-]1ccccc1-c1ccccn1. The Morgan fingerprint density at radius 1 is 0.593 bits per heavy atom. The van der Waals surface area contributed by atoms with Crippen molar-refractivity contribution < 1.29 is 28.6 Å². The molecule has 11 rings (SSSR count). The van der Waals surface area contributed by atoms with E-state index in [2.05, 4.69) is 83.8 Å². The molecule has 54 heavy (non-hydrogen) atoms. The Balaban J connectivity index is 0.000000279. The summed E-state index contributed by atoms with van der Waals surface area (Å²) in [6.45, 7) is -2.34. The van der Waals surface area contributed by atoms with Crippen molar-refractivity contribution in [2.75, 3.05) is 0 Å². The van der Waals surface area contributed by atoms with Crippen LogP contribution in [0.3, 0.4) is 0 Å². The predicted molar refractivity (Wildman–Crippen MR) is 218 cm³/mol. The molecular weight excluding hydrogens is 839 g/mol. The summed E-state index contributed by atoms with van der Waals surface area (Å²) in [7, 11) is 0. The van der Waals surface area contributed by atoms with Gasteiger partial charge in [-0.05, 0) is 80.8 Å². The molecule has 4 nitrogen and oxygen atoms in total. The Hall–Kier alpha value is -6.39. The van der Waals surface area contributed by atoms with Crippen LogP contribution in [0.15, 0.2) is 174 Å². The van der Waals surface area contributed by atoms with Gasteiger partial charge in [-0.15, -0.1) is 54.1 Å². The van der Waals surface area contributed by atoms with Crippen molar-refractivity contribution in [3.05, 3.63) is 188 Å². The van der Waals surface area contributed by atoms with Gasteiger partial charge in [0.1, 0.15) is 5.58 Å². The number of para-hydroxylation sites is 2. The van der Waals surface area contributed by atoms with E-state index in [1.54, 1.807) is 18.3 Å². The molecule has 0 saturated heterocycles. The Morgan fingerprint density at radius 2 is 1.30 bits per heavy atom. The van der Waals surface area contributed by atoms with E-state index in [-0.39, 0.29) is 25.7 Å². The van der Waals surface area contributed by atoms with Crippen LogP contribution in [0.1, 0.15) is 9.68 Å². The van der Waals surface area contributed by atoms with Gasteiger partial charge >= 0.3 is 0 Å². The predicted octanol–water partition coefficient (Wildman–Crippen LogP) is 12.7. The second kappa shape index (κ2) is 13.9. The molecule has 5 heteroatoms. The molecule has 0 aliphatic rings. The minimum Gasteiger partial charge on any atom is -0.501 e. The van der Waals surface area contributed by atoms with Crippen LogP contribution in [0.4, 0.5) is 0 Å². The quantitative estimate of drug-likeness (QED) is 0.131. The van der Waals surface area contributed by atoms with Gasteiger partial charge in [0.25, 0.3) is 0 Å². The first-order chi connectivity index (χ1) is 27.4. The molecule has 3 heterocycles. The maximum Gasteiger partial charge on any atom is 0.120 e. The van der Waals surface area contributed by atoms with Gasteiger partial charge < -0.3 is 14.0 Å². The number of hydrogen-bond acceptors (Lipinski definition) is 3. The number of aromatic nitrogens is 3. The fourth-order valence-corrected chi connectivity index (χ4v) is 7.51. The number of hydrogen-bond donors (Lipinski definition) is 0. The maximum absolute atomic E-state index is 8.43. The monoisotopic (exact) mass is 873 g/mol. The first-order valence-corrected chi connectivity index (χ1v) is 17.5. The van der Waals surface area contributed by atoms with Gasteiger partial charge in [-0.1, -0.05) is 108 Å². The van der Waals surface area contributed by atoms with Crippen LogP contribution < -0.4 is 0 Å². The summed E-state index contributed by atoms with van der Waals surface area (Å²) < 4.78 is 33.7. The van der Waals surface area contributed by atoms with Crippen molar-refractivity contribution in [2.24, 2.45) is 0 Å². The number of aryl methyl sites for hydroxylation is 1. The van der Waals surface area contributed by atoms with Gasteiger partial charge in [0.05, 0.1) is 22.4 Å². The Kier molecular flexibility index (Phi) is 7.73. The molecule has 0 unspecified atom stereocenters. The average molecular weight is 873 g/mol. The third kappa shape index (κ3) is 5.57.